The molecule has 1 aromatic heterocycles. The van der Waals surface area contributed by atoms with Gasteiger partial charge in [-0.05, 0) is 51.8 Å². The van der Waals surface area contributed by atoms with E-state index in [4.69, 9.17) is 11.6 Å². The summed E-state index contributed by atoms with van der Waals surface area (Å²) in [4.78, 5) is 0.802. The largest absolute Gasteiger partial charge is 0.387 e. The molecule has 0 aliphatic rings. The van der Waals surface area contributed by atoms with E-state index in [2.05, 4.69) is 15.9 Å². The number of benzene rings is 1. The second kappa shape index (κ2) is 5.48. The number of thiophene rings is 1. The summed E-state index contributed by atoms with van der Waals surface area (Å²) in [5.74, 6) is -0.343. The van der Waals surface area contributed by atoms with E-state index in [0.29, 0.717) is 10.6 Å². The smallest absolute Gasteiger partial charge is 0.126 e. The van der Waals surface area contributed by atoms with E-state index in [-0.39, 0.29) is 12.2 Å². The maximum atomic E-state index is 13.5. The number of hydrogen-bond acceptors (Lipinski definition) is 2. The van der Waals surface area contributed by atoms with Crippen LogP contribution in [0.3, 0.4) is 0 Å². The van der Waals surface area contributed by atoms with Crippen LogP contribution in [-0.4, -0.2) is 5.11 Å². The van der Waals surface area contributed by atoms with E-state index < -0.39 is 6.10 Å². The zero-order valence-electron chi connectivity index (χ0n) is 8.66. The van der Waals surface area contributed by atoms with Crippen molar-refractivity contribution < 1.29 is 9.50 Å². The van der Waals surface area contributed by atoms with Crippen molar-refractivity contribution in [2.24, 2.45) is 0 Å². The average molecular weight is 336 g/mol. The van der Waals surface area contributed by atoms with Crippen LogP contribution in [-0.2, 0) is 6.42 Å². The monoisotopic (exact) mass is 334 g/mol. The van der Waals surface area contributed by atoms with Gasteiger partial charge in [0.1, 0.15) is 5.82 Å². The molecule has 0 aliphatic carbocycles. The second-order valence-electron chi connectivity index (χ2n) is 3.60. The van der Waals surface area contributed by atoms with E-state index in [1.54, 1.807) is 6.07 Å². The first-order valence-corrected chi connectivity index (χ1v) is 6.92. The van der Waals surface area contributed by atoms with Gasteiger partial charge < -0.3 is 5.11 Å². The van der Waals surface area contributed by atoms with Crippen LogP contribution in [0.4, 0.5) is 4.39 Å². The van der Waals surface area contributed by atoms with Crippen molar-refractivity contribution in [2.75, 3.05) is 0 Å². The lowest BCUT2D eigenvalue weighted by atomic mass is 10.1. The van der Waals surface area contributed by atoms with Gasteiger partial charge in [0.2, 0.25) is 0 Å². The van der Waals surface area contributed by atoms with Crippen LogP contribution >= 0.6 is 38.9 Å². The van der Waals surface area contributed by atoms with E-state index in [0.717, 1.165) is 8.66 Å². The molecule has 90 valence electrons. The summed E-state index contributed by atoms with van der Waals surface area (Å²) in [6, 6.07) is 8.03. The molecule has 1 unspecified atom stereocenters. The summed E-state index contributed by atoms with van der Waals surface area (Å²) in [6.45, 7) is 0. The van der Waals surface area contributed by atoms with Gasteiger partial charge in [-0.1, -0.05) is 11.6 Å². The predicted molar refractivity (Wildman–Crippen MR) is 72.1 cm³/mol. The first-order chi connectivity index (χ1) is 8.06. The fourth-order valence-corrected chi connectivity index (χ4v) is 3.12. The minimum atomic E-state index is -0.709. The maximum Gasteiger partial charge on any atom is 0.126 e. The van der Waals surface area contributed by atoms with Crippen molar-refractivity contribution in [2.45, 2.75) is 12.5 Å². The summed E-state index contributed by atoms with van der Waals surface area (Å²) in [5.41, 5.74) is 0.425. The Labute approximate surface area is 116 Å². The highest BCUT2D eigenvalue weighted by Crippen LogP contribution is 2.30. The lowest BCUT2D eigenvalue weighted by Gasteiger charge is -2.09. The predicted octanol–water partition coefficient (Wildman–Crippen LogP) is 4.58. The first-order valence-electron chi connectivity index (χ1n) is 4.93. The molecule has 0 spiro atoms. The maximum absolute atomic E-state index is 13.5. The molecule has 0 radical (unpaired) electrons. The zero-order valence-corrected chi connectivity index (χ0v) is 11.8. The Bertz CT molecular complexity index is 529. The van der Waals surface area contributed by atoms with Crippen LogP contribution in [0.5, 0.6) is 0 Å². The Morgan fingerprint density at radius 3 is 2.76 bits per heavy atom. The number of rotatable bonds is 3. The summed E-state index contributed by atoms with van der Waals surface area (Å²) in [5, 5.41) is 10.5. The third kappa shape index (κ3) is 3.28. The SMILES string of the molecule is OC(Cc1cc(Cl)ccc1F)c1ccc(Br)s1. The van der Waals surface area contributed by atoms with Crippen molar-refractivity contribution in [3.63, 3.8) is 0 Å². The van der Waals surface area contributed by atoms with Gasteiger partial charge in [-0.25, -0.2) is 4.39 Å². The summed E-state index contributed by atoms with van der Waals surface area (Å²) in [6.07, 6.45) is -0.487. The van der Waals surface area contributed by atoms with Crippen molar-refractivity contribution in [1.82, 2.24) is 0 Å². The highest BCUT2D eigenvalue weighted by molar-refractivity contribution is 9.11. The molecular formula is C12H9BrClFOS. The van der Waals surface area contributed by atoms with Gasteiger partial charge in [0, 0.05) is 16.3 Å². The Hall–Kier alpha value is -0.420. The molecule has 0 fully saturated rings. The molecule has 17 heavy (non-hydrogen) atoms. The highest BCUT2D eigenvalue weighted by atomic mass is 79.9. The lowest BCUT2D eigenvalue weighted by Crippen LogP contribution is -2.01. The molecule has 5 heteroatoms. The number of halogens is 3. The third-order valence-corrected chi connectivity index (χ3v) is 4.30. The minimum absolute atomic E-state index is 0.222. The molecule has 1 atom stereocenters. The van der Waals surface area contributed by atoms with Gasteiger partial charge in [-0.2, -0.15) is 0 Å². The molecule has 0 saturated carbocycles. The molecule has 0 saturated heterocycles. The Morgan fingerprint density at radius 1 is 1.35 bits per heavy atom. The van der Waals surface area contributed by atoms with Crippen LogP contribution in [0.25, 0.3) is 0 Å². The van der Waals surface area contributed by atoms with Gasteiger partial charge in [-0.15, -0.1) is 11.3 Å². The molecule has 1 heterocycles. The fraction of sp³-hybridized carbons (Fsp3) is 0.167. The van der Waals surface area contributed by atoms with E-state index in [1.165, 1.54) is 23.5 Å². The molecule has 1 aromatic carbocycles. The number of aliphatic hydroxyl groups is 1. The minimum Gasteiger partial charge on any atom is -0.387 e. The Morgan fingerprint density at radius 2 is 2.12 bits per heavy atom. The normalized spacial score (nSPS) is 12.7. The summed E-state index contributed by atoms with van der Waals surface area (Å²) in [7, 11) is 0. The van der Waals surface area contributed by atoms with Crippen molar-refractivity contribution in [3.05, 3.63) is 55.4 Å². The van der Waals surface area contributed by atoms with Crippen LogP contribution in [0.2, 0.25) is 5.02 Å². The topological polar surface area (TPSA) is 20.2 Å². The molecule has 0 bridgehead atoms. The fourth-order valence-electron chi connectivity index (χ4n) is 1.52. The van der Waals surface area contributed by atoms with Crippen molar-refractivity contribution in [1.29, 1.82) is 0 Å². The van der Waals surface area contributed by atoms with Gasteiger partial charge >= 0.3 is 0 Å². The van der Waals surface area contributed by atoms with Crippen molar-refractivity contribution >= 4 is 38.9 Å². The summed E-state index contributed by atoms with van der Waals surface area (Å²) >= 11 is 10.6. The lowest BCUT2D eigenvalue weighted by molar-refractivity contribution is 0.181. The zero-order chi connectivity index (χ0) is 12.4. The van der Waals surface area contributed by atoms with Crippen molar-refractivity contribution in [3.8, 4) is 0 Å². The van der Waals surface area contributed by atoms with E-state index in [9.17, 15) is 9.50 Å². The Balaban J connectivity index is 2.18. The summed E-state index contributed by atoms with van der Waals surface area (Å²) < 4.78 is 14.4. The molecule has 0 aliphatic heterocycles. The van der Waals surface area contributed by atoms with Crippen LogP contribution < -0.4 is 0 Å². The standard InChI is InChI=1S/C12H9BrClFOS/c13-12-4-3-11(17-12)10(16)6-7-5-8(14)1-2-9(7)15/h1-5,10,16H,6H2. The van der Waals surface area contributed by atoms with Gasteiger partial charge in [0.25, 0.3) is 0 Å². The van der Waals surface area contributed by atoms with E-state index >= 15 is 0 Å². The van der Waals surface area contributed by atoms with Crippen LogP contribution in [0, 0.1) is 5.82 Å². The van der Waals surface area contributed by atoms with Gasteiger partial charge in [-0.3, -0.25) is 0 Å². The second-order valence-corrected chi connectivity index (χ2v) is 6.53. The molecule has 1 N–H and O–H groups in total. The molecule has 2 aromatic rings. The van der Waals surface area contributed by atoms with Gasteiger partial charge in [0.05, 0.1) is 9.89 Å². The highest BCUT2D eigenvalue weighted by Gasteiger charge is 2.13. The number of aliphatic hydroxyl groups excluding tert-OH is 1. The molecule has 1 nitrogen and oxygen atoms in total. The number of hydrogen-bond donors (Lipinski definition) is 1. The first kappa shape index (κ1) is 13.0. The molecule has 0 amide bonds. The van der Waals surface area contributed by atoms with Crippen LogP contribution in [0.15, 0.2) is 34.1 Å². The quantitative estimate of drug-likeness (QED) is 0.870. The molecular weight excluding hydrogens is 327 g/mol. The third-order valence-electron chi connectivity index (χ3n) is 2.34. The van der Waals surface area contributed by atoms with E-state index in [1.807, 2.05) is 12.1 Å². The molecule has 2 rings (SSSR count). The van der Waals surface area contributed by atoms with Crippen LogP contribution in [0.1, 0.15) is 16.5 Å². The average Bonchev–Trinajstić information content (AvgIpc) is 2.70. The van der Waals surface area contributed by atoms with Gasteiger partial charge in [0.15, 0.2) is 0 Å². The Kier molecular flexibility index (Phi) is 4.20.